The lowest BCUT2D eigenvalue weighted by molar-refractivity contribution is -0.150. The Kier molecular flexibility index (Phi) is 8.43. The average Bonchev–Trinajstić information content (AvgIpc) is 3.41. The van der Waals surface area contributed by atoms with Crippen molar-refractivity contribution in [2.75, 3.05) is 19.0 Å². The molecule has 198 valence electrons. The average molecular weight is 560 g/mol. The number of benzene rings is 1. The van der Waals surface area contributed by atoms with Crippen LogP contribution in [0.3, 0.4) is 0 Å². The number of thioether (sulfide) groups is 1. The zero-order chi connectivity index (χ0) is 27.2. The maximum atomic E-state index is 12.7. The summed E-state index contributed by atoms with van der Waals surface area (Å²) in [7, 11) is 0. The number of fused-ring (bicyclic) bond motifs is 1. The molecule has 2 aromatic rings. The van der Waals surface area contributed by atoms with Gasteiger partial charge in [0, 0.05) is 21.8 Å². The number of thiophene rings is 1. The molecule has 0 radical (unpaired) electrons. The zero-order valence-corrected chi connectivity index (χ0v) is 21.2. The lowest BCUT2D eigenvalue weighted by Gasteiger charge is -2.49. The number of carboxylic acids is 1. The third kappa shape index (κ3) is 6.20. The van der Waals surface area contributed by atoms with Crippen molar-refractivity contribution in [2.45, 2.75) is 17.8 Å². The Balaban J connectivity index is 1.28. The Labute approximate surface area is 224 Å². The van der Waals surface area contributed by atoms with Crippen LogP contribution in [0, 0.1) is 0 Å². The summed E-state index contributed by atoms with van der Waals surface area (Å²) in [6.45, 7) is -1.11. The predicted octanol–water partition coefficient (Wildman–Crippen LogP) is 1.77. The fourth-order valence-electron chi connectivity index (χ4n) is 3.74. The van der Waals surface area contributed by atoms with Crippen LogP contribution in [0.25, 0.3) is 0 Å². The van der Waals surface area contributed by atoms with Gasteiger partial charge in [0.15, 0.2) is 12.4 Å². The molecule has 4 amide bonds. The number of hydrogen-bond donors (Lipinski definition) is 3. The molecule has 0 bridgehead atoms. The highest BCUT2D eigenvalue weighted by Gasteiger charge is 2.54. The van der Waals surface area contributed by atoms with Crippen LogP contribution in [0.4, 0.5) is 9.59 Å². The number of carbonyl (C=O) groups excluding carboxylic acids is 5. The van der Waals surface area contributed by atoms with Crippen molar-refractivity contribution in [1.82, 2.24) is 15.5 Å². The third-order valence-electron chi connectivity index (χ3n) is 5.49. The van der Waals surface area contributed by atoms with Crippen LogP contribution < -0.4 is 10.6 Å². The molecule has 12 nitrogen and oxygen atoms in total. The number of aliphatic carboxylic acids is 1. The van der Waals surface area contributed by atoms with Crippen molar-refractivity contribution in [1.29, 1.82) is 0 Å². The molecule has 0 saturated carbocycles. The monoisotopic (exact) mass is 559 g/mol. The van der Waals surface area contributed by atoms with E-state index in [-0.39, 0.29) is 29.4 Å². The molecule has 1 aromatic carbocycles. The molecule has 3 heterocycles. The van der Waals surface area contributed by atoms with Crippen LogP contribution in [-0.2, 0) is 30.3 Å². The topological polar surface area (TPSA) is 168 Å². The fraction of sp³-hybridized carbons (Fsp3) is 0.250. The van der Waals surface area contributed by atoms with Gasteiger partial charge in [0.25, 0.3) is 5.91 Å². The molecule has 3 N–H and O–H groups in total. The van der Waals surface area contributed by atoms with E-state index < -0.39 is 54.5 Å². The second-order valence-corrected chi connectivity index (χ2v) is 10.2. The number of amides is 4. The zero-order valence-electron chi connectivity index (χ0n) is 19.6. The van der Waals surface area contributed by atoms with Gasteiger partial charge in [0.2, 0.25) is 5.91 Å². The predicted molar refractivity (Wildman–Crippen MR) is 134 cm³/mol. The standard InChI is InChI=1S/C24H21N3O9S2/c28-16(13-5-2-1-3-6-13)11-36-24(34)26-23(33)35-10-14-12-38-21-18(20(30)27(21)19(14)22(31)32)25-17(29)9-15-7-4-8-37-15/h1-8,18,21H,9-12H2,(H,25,29)(H,31,32)(H,26,33,34)/t18?,21-/m1/s1. The maximum Gasteiger partial charge on any atom is 0.417 e. The Morgan fingerprint density at radius 1 is 1.03 bits per heavy atom. The Bertz CT molecular complexity index is 1290. The van der Waals surface area contributed by atoms with Crippen molar-refractivity contribution in [3.63, 3.8) is 0 Å². The summed E-state index contributed by atoms with van der Waals surface area (Å²) in [4.78, 5) is 74.6. The lowest BCUT2D eigenvalue weighted by Crippen LogP contribution is -2.70. The summed E-state index contributed by atoms with van der Waals surface area (Å²) in [5.41, 5.74) is 0.124. The number of alkyl carbamates (subject to hydrolysis) is 2. The Morgan fingerprint density at radius 2 is 1.76 bits per heavy atom. The van der Waals surface area contributed by atoms with Gasteiger partial charge < -0.3 is 19.9 Å². The third-order valence-corrected chi connectivity index (χ3v) is 7.71. The highest BCUT2D eigenvalue weighted by molar-refractivity contribution is 8.00. The molecule has 1 fully saturated rings. The van der Waals surface area contributed by atoms with E-state index in [1.165, 1.54) is 23.1 Å². The highest BCUT2D eigenvalue weighted by Crippen LogP contribution is 2.40. The summed E-state index contributed by atoms with van der Waals surface area (Å²) in [5, 5.41) is 15.4. The van der Waals surface area contributed by atoms with Crippen molar-refractivity contribution < 1.29 is 43.3 Å². The normalized spacial score (nSPS) is 18.1. The van der Waals surface area contributed by atoms with Gasteiger partial charge >= 0.3 is 18.2 Å². The lowest BCUT2D eigenvalue weighted by atomic mass is 10.0. The summed E-state index contributed by atoms with van der Waals surface area (Å²) < 4.78 is 9.65. The van der Waals surface area contributed by atoms with Crippen molar-refractivity contribution in [2.24, 2.45) is 0 Å². The maximum absolute atomic E-state index is 12.7. The number of hydrogen-bond acceptors (Lipinski definition) is 10. The van der Waals surface area contributed by atoms with Gasteiger partial charge in [0.05, 0.1) is 6.42 Å². The largest absolute Gasteiger partial charge is 0.477 e. The summed E-state index contributed by atoms with van der Waals surface area (Å²) in [6.07, 6.45) is -2.33. The number of Topliss-reactive ketones (excluding diaryl/α,β-unsaturated/α-hetero) is 1. The van der Waals surface area contributed by atoms with Crippen LogP contribution in [0.1, 0.15) is 15.2 Å². The van der Waals surface area contributed by atoms with Crippen LogP contribution in [0.2, 0.25) is 0 Å². The number of carboxylic acid groups (broad SMARTS) is 1. The molecule has 38 heavy (non-hydrogen) atoms. The molecule has 2 atom stereocenters. The fourth-order valence-corrected chi connectivity index (χ4v) is 5.77. The second kappa shape index (κ2) is 11.9. The number of nitrogens with one attached hydrogen (secondary N) is 2. The minimum atomic E-state index is -1.40. The molecule has 0 spiro atoms. The first-order valence-electron chi connectivity index (χ1n) is 11.1. The van der Waals surface area contributed by atoms with E-state index in [4.69, 9.17) is 9.47 Å². The van der Waals surface area contributed by atoms with Crippen molar-refractivity contribution >= 4 is 58.9 Å². The van der Waals surface area contributed by atoms with Gasteiger partial charge in [-0.3, -0.25) is 19.3 Å². The van der Waals surface area contributed by atoms with Gasteiger partial charge in [-0.2, -0.15) is 0 Å². The molecular formula is C24H21N3O9S2. The summed E-state index contributed by atoms with van der Waals surface area (Å²) >= 11 is 2.62. The SMILES string of the molecule is O=C(Cc1cccs1)NC1C(=O)N2C(C(=O)O)=C(COC(=O)NC(=O)OCC(=O)c3ccccc3)CS[C@H]12. The van der Waals surface area contributed by atoms with Gasteiger partial charge in [-0.15, -0.1) is 23.1 Å². The van der Waals surface area contributed by atoms with Crippen LogP contribution in [0.15, 0.2) is 59.1 Å². The quantitative estimate of drug-likeness (QED) is 0.304. The van der Waals surface area contributed by atoms with E-state index in [1.807, 2.05) is 11.4 Å². The summed E-state index contributed by atoms with van der Waals surface area (Å²) in [5.74, 6) is -2.71. The van der Waals surface area contributed by atoms with E-state index in [2.05, 4.69) is 5.32 Å². The van der Waals surface area contributed by atoms with Gasteiger partial charge in [-0.25, -0.2) is 19.7 Å². The van der Waals surface area contributed by atoms with Crippen LogP contribution in [0.5, 0.6) is 0 Å². The molecular weight excluding hydrogens is 538 g/mol. The number of carbonyl (C=O) groups is 6. The van der Waals surface area contributed by atoms with Crippen LogP contribution >= 0.6 is 23.1 Å². The molecule has 2 aliphatic rings. The molecule has 14 heteroatoms. The molecule has 2 aliphatic heterocycles. The van der Waals surface area contributed by atoms with Gasteiger partial charge in [0.1, 0.15) is 23.7 Å². The van der Waals surface area contributed by atoms with E-state index in [0.717, 1.165) is 9.78 Å². The number of ketones is 1. The van der Waals surface area contributed by atoms with Crippen LogP contribution in [-0.4, -0.2) is 76.1 Å². The molecule has 4 rings (SSSR count). The van der Waals surface area contributed by atoms with Gasteiger partial charge in [-0.1, -0.05) is 36.4 Å². The van der Waals surface area contributed by atoms with E-state index >= 15 is 0 Å². The smallest absolute Gasteiger partial charge is 0.417 e. The van der Waals surface area contributed by atoms with E-state index in [1.54, 1.807) is 41.7 Å². The van der Waals surface area contributed by atoms with Gasteiger partial charge in [-0.05, 0) is 11.4 Å². The second-order valence-electron chi connectivity index (χ2n) is 8.03. The minimum Gasteiger partial charge on any atom is -0.477 e. The minimum absolute atomic E-state index is 0.108. The first-order valence-corrected chi connectivity index (χ1v) is 13.1. The first kappa shape index (κ1) is 26.9. The molecule has 1 aromatic heterocycles. The van der Waals surface area contributed by atoms with Crippen molar-refractivity contribution in [3.8, 4) is 0 Å². The molecule has 1 unspecified atom stereocenters. The van der Waals surface area contributed by atoms with E-state index in [0.29, 0.717) is 5.56 Å². The first-order chi connectivity index (χ1) is 18.2. The number of β-lactam (4-membered cyclic amide) rings is 1. The number of rotatable bonds is 9. The number of nitrogens with zero attached hydrogens (tertiary/aromatic N) is 1. The Morgan fingerprint density at radius 3 is 2.45 bits per heavy atom. The van der Waals surface area contributed by atoms with E-state index in [9.17, 15) is 33.9 Å². The molecule has 0 aliphatic carbocycles. The Hall–Kier alpha value is -4.17. The number of ether oxygens (including phenoxy) is 2. The highest BCUT2D eigenvalue weighted by atomic mass is 32.2. The number of imide groups is 1. The summed E-state index contributed by atoms with van der Waals surface area (Å²) in [6, 6.07) is 10.8. The van der Waals surface area contributed by atoms with Crippen molar-refractivity contribution in [3.05, 3.63) is 69.6 Å². The molecule has 1 saturated heterocycles.